The summed E-state index contributed by atoms with van der Waals surface area (Å²) in [5.74, 6) is 0.802. The van der Waals surface area contributed by atoms with Crippen molar-refractivity contribution in [3.05, 3.63) is 71.3 Å². The van der Waals surface area contributed by atoms with Crippen LogP contribution in [0.15, 0.2) is 59.6 Å². The average Bonchev–Trinajstić information content (AvgIpc) is 2.58. The summed E-state index contributed by atoms with van der Waals surface area (Å²) in [6.45, 7) is 6.64. The molecular formula is C21H21NOS. The number of nitrogens with zero attached hydrogens (tertiary/aromatic N) is 1. The van der Waals surface area contributed by atoms with E-state index in [4.69, 9.17) is 0 Å². The van der Waals surface area contributed by atoms with Gasteiger partial charge in [0.1, 0.15) is 5.03 Å². The number of thioether (sulfide) groups is 1. The van der Waals surface area contributed by atoms with Crippen molar-refractivity contribution in [3.8, 4) is 0 Å². The Morgan fingerprint density at radius 1 is 1.04 bits per heavy atom. The number of para-hydroxylation sites is 1. The Balaban J connectivity index is 1.81. The normalized spacial score (nSPS) is 11.6. The molecule has 0 radical (unpaired) electrons. The molecule has 24 heavy (non-hydrogen) atoms. The summed E-state index contributed by atoms with van der Waals surface area (Å²) in [5.41, 5.74) is 4.31. The molecule has 2 nitrogen and oxygen atoms in total. The molecule has 1 aromatic heterocycles. The predicted octanol–water partition coefficient (Wildman–Crippen LogP) is 5.64. The third-order valence-corrected chi connectivity index (χ3v) is 5.12. The van der Waals surface area contributed by atoms with Gasteiger partial charge < -0.3 is 0 Å². The topological polar surface area (TPSA) is 30.0 Å². The van der Waals surface area contributed by atoms with Crippen molar-refractivity contribution in [1.82, 2.24) is 4.98 Å². The van der Waals surface area contributed by atoms with Gasteiger partial charge in [-0.15, -0.1) is 11.8 Å². The Labute approximate surface area is 147 Å². The molecule has 0 aliphatic heterocycles. The molecular weight excluding hydrogens is 314 g/mol. The van der Waals surface area contributed by atoms with Crippen LogP contribution >= 0.6 is 11.8 Å². The zero-order valence-electron chi connectivity index (χ0n) is 14.2. The summed E-state index contributed by atoms with van der Waals surface area (Å²) in [7, 11) is 0. The molecule has 3 heteroatoms. The van der Waals surface area contributed by atoms with Crippen LogP contribution in [0.3, 0.4) is 0 Å². The average molecular weight is 335 g/mol. The first kappa shape index (κ1) is 16.7. The fraction of sp³-hybridized carbons (Fsp3) is 0.238. The van der Waals surface area contributed by atoms with Crippen LogP contribution in [0, 0.1) is 0 Å². The van der Waals surface area contributed by atoms with E-state index in [-0.39, 0.29) is 5.41 Å². The van der Waals surface area contributed by atoms with Gasteiger partial charge >= 0.3 is 0 Å². The summed E-state index contributed by atoms with van der Waals surface area (Å²) >= 11 is 1.61. The van der Waals surface area contributed by atoms with Gasteiger partial charge in [0.15, 0.2) is 6.29 Å². The van der Waals surface area contributed by atoms with Gasteiger partial charge in [-0.2, -0.15) is 0 Å². The molecule has 3 rings (SSSR count). The first-order chi connectivity index (χ1) is 11.5. The standard InChI is InChI=1S/C21H21NOS/c1-21(2,3)18-10-8-15(9-11-18)14-24-20-17(13-23)12-16-6-4-5-7-19(16)22-20/h4-13H,14H2,1-3H3. The number of carbonyl (C=O) groups excluding carboxylic acids is 1. The van der Waals surface area contributed by atoms with E-state index in [0.29, 0.717) is 5.56 Å². The van der Waals surface area contributed by atoms with Gasteiger partial charge in [0.25, 0.3) is 0 Å². The minimum atomic E-state index is 0.163. The first-order valence-corrected chi connectivity index (χ1v) is 9.03. The highest BCUT2D eigenvalue weighted by Crippen LogP contribution is 2.28. The van der Waals surface area contributed by atoms with E-state index in [1.54, 1.807) is 11.8 Å². The lowest BCUT2D eigenvalue weighted by atomic mass is 9.87. The quantitative estimate of drug-likeness (QED) is 0.457. The zero-order chi connectivity index (χ0) is 17.2. The van der Waals surface area contributed by atoms with Crippen molar-refractivity contribution in [2.45, 2.75) is 37.0 Å². The van der Waals surface area contributed by atoms with Gasteiger partial charge in [0, 0.05) is 16.7 Å². The maximum Gasteiger partial charge on any atom is 0.152 e. The number of rotatable bonds is 4. The lowest BCUT2D eigenvalue weighted by Gasteiger charge is -2.19. The number of hydrogen-bond acceptors (Lipinski definition) is 3. The fourth-order valence-corrected chi connectivity index (χ4v) is 3.50. The summed E-state index contributed by atoms with van der Waals surface area (Å²) in [6, 6.07) is 18.5. The fourth-order valence-electron chi connectivity index (χ4n) is 2.57. The second-order valence-electron chi connectivity index (χ2n) is 6.93. The van der Waals surface area contributed by atoms with Gasteiger partial charge in [0.05, 0.1) is 5.52 Å². The molecule has 1 heterocycles. The molecule has 0 fully saturated rings. The molecule has 3 aromatic rings. The Hall–Kier alpha value is -2.13. The zero-order valence-corrected chi connectivity index (χ0v) is 15.1. The monoisotopic (exact) mass is 335 g/mol. The van der Waals surface area contributed by atoms with Crippen molar-refractivity contribution < 1.29 is 4.79 Å². The van der Waals surface area contributed by atoms with Crippen LogP contribution in [0.2, 0.25) is 0 Å². The van der Waals surface area contributed by atoms with E-state index < -0.39 is 0 Å². The van der Waals surface area contributed by atoms with E-state index in [0.717, 1.165) is 28.0 Å². The van der Waals surface area contributed by atoms with Crippen molar-refractivity contribution in [2.75, 3.05) is 0 Å². The van der Waals surface area contributed by atoms with Crippen LogP contribution in [-0.2, 0) is 11.2 Å². The molecule has 0 atom stereocenters. The van der Waals surface area contributed by atoms with Crippen molar-refractivity contribution in [1.29, 1.82) is 0 Å². The number of hydrogen-bond donors (Lipinski definition) is 0. The molecule has 0 saturated heterocycles. The van der Waals surface area contributed by atoms with Gasteiger partial charge in [-0.3, -0.25) is 4.79 Å². The van der Waals surface area contributed by atoms with Gasteiger partial charge in [-0.25, -0.2) is 4.98 Å². The van der Waals surface area contributed by atoms with Gasteiger partial charge in [-0.05, 0) is 28.7 Å². The SMILES string of the molecule is CC(C)(C)c1ccc(CSc2nc3ccccc3cc2C=O)cc1. The number of pyridine rings is 1. The highest BCUT2D eigenvalue weighted by atomic mass is 32.2. The second kappa shape index (κ2) is 6.78. The van der Waals surface area contributed by atoms with E-state index >= 15 is 0 Å². The highest BCUT2D eigenvalue weighted by Gasteiger charge is 2.13. The van der Waals surface area contributed by atoms with Crippen LogP contribution in [0.1, 0.15) is 42.3 Å². The predicted molar refractivity (Wildman–Crippen MR) is 102 cm³/mol. The maximum atomic E-state index is 11.4. The van der Waals surface area contributed by atoms with Gasteiger partial charge in [-0.1, -0.05) is 63.2 Å². The van der Waals surface area contributed by atoms with E-state index in [9.17, 15) is 4.79 Å². The third-order valence-electron chi connectivity index (χ3n) is 4.04. The molecule has 0 bridgehead atoms. The minimum absolute atomic E-state index is 0.163. The lowest BCUT2D eigenvalue weighted by Crippen LogP contribution is -2.10. The Morgan fingerprint density at radius 3 is 2.42 bits per heavy atom. The summed E-state index contributed by atoms with van der Waals surface area (Å²) < 4.78 is 0. The largest absolute Gasteiger partial charge is 0.298 e. The highest BCUT2D eigenvalue weighted by molar-refractivity contribution is 7.98. The number of aromatic nitrogens is 1. The summed E-state index contributed by atoms with van der Waals surface area (Å²) in [5, 5.41) is 1.79. The molecule has 0 saturated carbocycles. The van der Waals surface area contributed by atoms with Crippen LogP contribution < -0.4 is 0 Å². The number of aldehydes is 1. The molecule has 0 aliphatic carbocycles. The first-order valence-electron chi connectivity index (χ1n) is 8.04. The van der Waals surface area contributed by atoms with Crippen molar-refractivity contribution in [2.24, 2.45) is 0 Å². The summed E-state index contributed by atoms with van der Waals surface area (Å²) in [6.07, 6.45) is 0.893. The van der Waals surface area contributed by atoms with Crippen molar-refractivity contribution >= 4 is 29.0 Å². The molecule has 0 unspecified atom stereocenters. The minimum Gasteiger partial charge on any atom is -0.298 e. The maximum absolute atomic E-state index is 11.4. The van der Waals surface area contributed by atoms with Crippen LogP contribution in [0.4, 0.5) is 0 Å². The van der Waals surface area contributed by atoms with Crippen molar-refractivity contribution in [3.63, 3.8) is 0 Å². The van der Waals surface area contributed by atoms with Crippen LogP contribution in [-0.4, -0.2) is 11.3 Å². The Bertz CT molecular complexity index is 863. The molecule has 122 valence electrons. The third kappa shape index (κ3) is 3.68. The smallest absolute Gasteiger partial charge is 0.152 e. The summed E-state index contributed by atoms with van der Waals surface area (Å²) in [4.78, 5) is 16.0. The molecule has 0 aliphatic rings. The number of benzene rings is 2. The Morgan fingerprint density at radius 2 is 1.75 bits per heavy atom. The van der Waals surface area contributed by atoms with Crippen LogP contribution in [0.25, 0.3) is 10.9 Å². The van der Waals surface area contributed by atoms with Gasteiger partial charge in [0.2, 0.25) is 0 Å². The molecule has 0 spiro atoms. The number of carbonyl (C=O) groups is 1. The molecule has 2 aromatic carbocycles. The lowest BCUT2D eigenvalue weighted by molar-refractivity contribution is 0.112. The van der Waals surface area contributed by atoms with E-state index in [2.05, 4.69) is 50.0 Å². The van der Waals surface area contributed by atoms with E-state index in [1.165, 1.54) is 11.1 Å². The molecule has 0 N–H and O–H groups in total. The van der Waals surface area contributed by atoms with E-state index in [1.807, 2.05) is 30.3 Å². The second-order valence-corrected chi connectivity index (χ2v) is 7.89. The number of fused-ring (bicyclic) bond motifs is 1. The molecule has 0 amide bonds. The van der Waals surface area contributed by atoms with Crippen LogP contribution in [0.5, 0.6) is 0 Å². The Kier molecular flexibility index (Phi) is 4.72.